The molecule has 3 aliphatic rings. The molecule has 0 unspecified atom stereocenters. The molecule has 11 heteroatoms. The Morgan fingerprint density at radius 2 is 1.97 bits per heavy atom. The van der Waals surface area contributed by atoms with Gasteiger partial charge in [0.15, 0.2) is 5.65 Å². The van der Waals surface area contributed by atoms with Crippen LogP contribution in [0.5, 0.6) is 0 Å². The molecular formula is C19H22N8O3. The van der Waals surface area contributed by atoms with Crippen molar-refractivity contribution in [2.45, 2.75) is 38.1 Å². The highest BCUT2D eigenvalue weighted by molar-refractivity contribution is 6.14. The van der Waals surface area contributed by atoms with Gasteiger partial charge in [0, 0.05) is 30.8 Å². The molecule has 11 nitrogen and oxygen atoms in total. The van der Waals surface area contributed by atoms with E-state index in [-0.39, 0.29) is 11.7 Å². The first-order chi connectivity index (χ1) is 14.6. The fraction of sp³-hybridized carbons (Fsp3) is 0.421. The maximum absolute atomic E-state index is 12.7. The summed E-state index contributed by atoms with van der Waals surface area (Å²) in [5.74, 6) is 0.604. The van der Waals surface area contributed by atoms with Crippen LogP contribution in [-0.2, 0) is 4.79 Å². The summed E-state index contributed by atoms with van der Waals surface area (Å²) in [6.07, 6.45) is 8.38. The first kappa shape index (κ1) is 18.4. The van der Waals surface area contributed by atoms with E-state index in [2.05, 4.69) is 31.3 Å². The van der Waals surface area contributed by atoms with E-state index in [1.165, 1.54) is 6.08 Å². The summed E-state index contributed by atoms with van der Waals surface area (Å²) < 4.78 is 1.63. The molecule has 30 heavy (non-hydrogen) atoms. The number of piperidine rings is 1. The molecule has 1 aliphatic carbocycles. The number of likely N-dealkylation sites (tertiary alicyclic amines) is 1. The van der Waals surface area contributed by atoms with Crippen LogP contribution >= 0.6 is 0 Å². The number of urea groups is 2. The quantitative estimate of drug-likeness (QED) is 0.446. The lowest BCUT2D eigenvalue weighted by molar-refractivity contribution is -0.115. The highest BCUT2D eigenvalue weighted by atomic mass is 16.2. The largest absolute Gasteiger partial charge is 0.367 e. The molecule has 2 aromatic rings. The van der Waals surface area contributed by atoms with Crippen LogP contribution in [0, 0.1) is 0 Å². The SMILES string of the molecule is O=C1NC(=O)/C(=C/c2cnn3c(NC4CC4)cc(NC(=O)N4CCCCC4)nc23)N1. The van der Waals surface area contributed by atoms with Gasteiger partial charge in [-0.3, -0.25) is 15.4 Å². The monoisotopic (exact) mass is 410 g/mol. The topological polar surface area (TPSA) is 133 Å². The minimum Gasteiger partial charge on any atom is -0.367 e. The van der Waals surface area contributed by atoms with Gasteiger partial charge in [-0.2, -0.15) is 9.61 Å². The van der Waals surface area contributed by atoms with Gasteiger partial charge in [-0.05, 0) is 38.2 Å². The molecule has 1 saturated carbocycles. The molecule has 4 heterocycles. The van der Waals surface area contributed by atoms with Crippen LogP contribution in [0.4, 0.5) is 21.2 Å². The Hall–Kier alpha value is -3.63. The van der Waals surface area contributed by atoms with Crippen molar-refractivity contribution < 1.29 is 14.4 Å². The molecule has 156 valence electrons. The second-order valence-corrected chi connectivity index (χ2v) is 7.72. The molecule has 0 aromatic carbocycles. The number of rotatable bonds is 4. The molecular weight excluding hydrogens is 388 g/mol. The second kappa shape index (κ2) is 7.32. The van der Waals surface area contributed by atoms with Crippen LogP contribution in [0.25, 0.3) is 11.7 Å². The van der Waals surface area contributed by atoms with Crippen molar-refractivity contribution in [2.24, 2.45) is 0 Å². The average Bonchev–Trinajstić information content (AvgIpc) is 3.37. The summed E-state index contributed by atoms with van der Waals surface area (Å²) in [4.78, 5) is 42.3. The third-order valence-corrected chi connectivity index (χ3v) is 5.33. The highest BCUT2D eigenvalue weighted by Gasteiger charge is 2.26. The third kappa shape index (κ3) is 3.65. The van der Waals surface area contributed by atoms with E-state index in [4.69, 9.17) is 0 Å². The van der Waals surface area contributed by atoms with Gasteiger partial charge in [0.05, 0.1) is 6.20 Å². The smallest absolute Gasteiger partial charge is 0.326 e. The van der Waals surface area contributed by atoms with E-state index in [0.717, 1.165) is 45.2 Å². The van der Waals surface area contributed by atoms with Crippen LogP contribution in [0.3, 0.4) is 0 Å². The summed E-state index contributed by atoms with van der Waals surface area (Å²) in [5, 5.41) is 15.3. The summed E-state index contributed by atoms with van der Waals surface area (Å²) in [6, 6.07) is 1.39. The van der Waals surface area contributed by atoms with Crippen molar-refractivity contribution >= 4 is 41.3 Å². The lowest BCUT2D eigenvalue weighted by Crippen LogP contribution is -2.38. The molecule has 2 aromatic heterocycles. The Bertz CT molecular complexity index is 1070. The fourth-order valence-electron chi connectivity index (χ4n) is 3.61. The van der Waals surface area contributed by atoms with Crippen molar-refractivity contribution in [1.29, 1.82) is 0 Å². The first-order valence-corrected chi connectivity index (χ1v) is 10.1. The Kier molecular flexibility index (Phi) is 4.49. The Morgan fingerprint density at radius 1 is 1.17 bits per heavy atom. The van der Waals surface area contributed by atoms with E-state index in [1.807, 2.05) is 0 Å². The minimum atomic E-state index is -0.568. The fourth-order valence-corrected chi connectivity index (χ4v) is 3.61. The zero-order valence-electron chi connectivity index (χ0n) is 16.3. The number of aromatic nitrogens is 3. The minimum absolute atomic E-state index is 0.121. The standard InChI is InChI=1S/C19H22N8O3/c28-17-13(22-18(29)25-17)8-11-10-20-27-15(21-12-4-5-12)9-14(23-16(11)27)24-19(30)26-6-2-1-3-7-26/h8-10,12,21H,1-7H2,(H,23,24,30)(H2,22,25,28,29)/b13-8-. The van der Waals surface area contributed by atoms with E-state index in [9.17, 15) is 14.4 Å². The van der Waals surface area contributed by atoms with Gasteiger partial charge >= 0.3 is 12.1 Å². The highest BCUT2D eigenvalue weighted by Crippen LogP contribution is 2.27. The predicted molar refractivity (Wildman–Crippen MR) is 109 cm³/mol. The third-order valence-electron chi connectivity index (χ3n) is 5.33. The van der Waals surface area contributed by atoms with Crippen LogP contribution in [-0.4, -0.2) is 56.6 Å². The molecule has 0 bridgehead atoms. The molecule has 2 saturated heterocycles. The van der Waals surface area contributed by atoms with E-state index < -0.39 is 11.9 Å². The first-order valence-electron chi connectivity index (χ1n) is 10.1. The zero-order chi connectivity index (χ0) is 20.7. The van der Waals surface area contributed by atoms with Crippen molar-refractivity contribution in [1.82, 2.24) is 30.1 Å². The number of anilines is 2. The van der Waals surface area contributed by atoms with E-state index in [0.29, 0.717) is 28.9 Å². The normalized spacial score (nSPS) is 20.4. The van der Waals surface area contributed by atoms with Gasteiger partial charge < -0.3 is 15.5 Å². The lowest BCUT2D eigenvalue weighted by Gasteiger charge is -2.26. The maximum atomic E-state index is 12.7. The van der Waals surface area contributed by atoms with Crippen LogP contribution < -0.4 is 21.3 Å². The number of nitrogens with zero attached hydrogens (tertiary/aromatic N) is 4. The number of fused-ring (bicyclic) bond motifs is 1. The van der Waals surface area contributed by atoms with Gasteiger partial charge in [0.2, 0.25) is 0 Å². The molecule has 0 atom stereocenters. The Balaban J connectivity index is 1.49. The van der Waals surface area contributed by atoms with Gasteiger partial charge in [-0.15, -0.1) is 0 Å². The van der Waals surface area contributed by atoms with Gasteiger partial charge in [-0.1, -0.05) is 0 Å². The number of amides is 5. The molecule has 3 fully saturated rings. The van der Waals surface area contributed by atoms with E-state index >= 15 is 0 Å². The molecule has 2 aliphatic heterocycles. The van der Waals surface area contributed by atoms with Crippen molar-refractivity contribution in [3.8, 4) is 0 Å². The zero-order valence-corrected chi connectivity index (χ0v) is 16.3. The van der Waals surface area contributed by atoms with Gasteiger partial charge in [0.25, 0.3) is 5.91 Å². The summed E-state index contributed by atoms with van der Waals surface area (Å²) in [6.45, 7) is 1.47. The number of imide groups is 1. The van der Waals surface area contributed by atoms with E-state index in [1.54, 1.807) is 21.7 Å². The molecule has 5 rings (SSSR count). The van der Waals surface area contributed by atoms with Gasteiger partial charge in [-0.25, -0.2) is 14.6 Å². The number of carbonyl (C=O) groups is 3. The summed E-state index contributed by atoms with van der Waals surface area (Å²) in [5.41, 5.74) is 1.14. The van der Waals surface area contributed by atoms with Crippen molar-refractivity contribution in [3.63, 3.8) is 0 Å². The van der Waals surface area contributed by atoms with Crippen LogP contribution in [0.1, 0.15) is 37.7 Å². The second-order valence-electron chi connectivity index (χ2n) is 7.72. The molecule has 0 radical (unpaired) electrons. The van der Waals surface area contributed by atoms with Gasteiger partial charge in [0.1, 0.15) is 17.3 Å². The Morgan fingerprint density at radius 3 is 2.67 bits per heavy atom. The summed E-state index contributed by atoms with van der Waals surface area (Å²) in [7, 11) is 0. The van der Waals surface area contributed by atoms with Crippen molar-refractivity contribution in [3.05, 3.63) is 23.5 Å². The molecule has 0 spiro atoms. The van der Waals surface area contributed by atoms with Crippen LogP contribution in [0.2, 0.25) is 0 Å². The number of carbonyl (C=O) groups excluding carboxylic acids is 3. The summed E-state index contributed by atoms with van der Waals surface area (Å²) >= 11 is 0. The molecule has 5 amide bonds. The number of nitrogens with one attached hydrogen (secondary N) is 4. The average molecular weight is 410 g/mol. The maximum Gasteiger partial charge on any atom is 0.326 e. The molecule has 4 N–H and O–H groups in total. The predicted octanol–water partition coefficient (Wildman–Crippen LogP) is 1.50. The van der Waals surface area contributed by atoms with Crippen LogP contribution in [0.15, 0.2) is 18.0 Å². The lowest BCUT2D eigenvalue weighted by atomic mass is 10.1. The van der Waals surface area contributed by atoms with Crippen molar-refractivity contribution in [2.75, 3.05) is 23.7 Å². The number of hydrogen-bond donors (Lipinski definition) is 4. The number of hydrogen-bond acceptors (Lipinski definition) is 6. The Labute approximate surface area is 171 Å².